The van der Waals surface area contributed by atoms with E-state index in [2.05, 4.69) is 0 Å². The van der Waals surface area contributed by atoms with Gasteiger partial charge in [-0.3, -0.25) is 9.13 Å². The minimum atomic E-state index is -4.55. The van der Waals surface area contributed by atoms with Crippen LogP contribution in [0, 0.1) is 0 Å². The van der Waals surface area contributed by atoms with Crippen LogP contribution in [0.1, 0.15) is 5.56 Å². The molecule has 98 valence electrons. The molecular weight excluding hydrogens is 268 g/mol. The zero-order chi connectivity index (χ0) is 13.5. The second-order valence-corrected chi connectivity index (χ2v) is 6.95. The number of rotatable bonds is 3. The molecule has 6 N–H and O–H groups in total. The molecule has 0 saturated heterocycles. The van der Waals surface area contributed by atoms with Gasteiger partial charge in [-0.1, -0.05) is 30.3 Å². The van der Waals surface area contributed by atoms with Crippen LogP contribution in [0.25, 0.3) is 0 Å². The lowest BCUT2D eigenvalue weighted by Crippen LogP contribution is -1.94. The van der Waals surface area contributed by atoms with Crippen molar-refractivity contribution in [3.63, 3.8) is 0 Å². The summed E-state index contributed by atoms with van der Waals surface area (Å²) in [5, 5.41) is 0. The smallest absolute Gasteiger partial charge is 0.326 e. The summed E-state index contributed by atoms with van der Waals surface area (Å²) in [6, 6.07) is 9.99. The van der Waals surface area contributed by atoms with Crippen molar-refractivity contribution in [3.8, 4) is 0 Å². The third-order valence-corrected chi connectivity index (χ3v) is 4.39. The second kappa shape index (κ2) is 7.03. The SMILES string of the molecule is NCc1ccccc1.O=P(O)(O)CP(=O)(O)O. The van der Waals surface area contributed by atoms with Gasteiger partial charge in [0.2, 0.25) is 0 Å². The van der Waals surface area contributed by atoms with E-state index in [1.54, 1.807) is 0 Å². The number of hydrogen-bond acceptors (Lipinski definition) is 3. The van der Waals surface area contributed by atoms with Crippen LogP contribution >= 0.6 is 15.2 Å². The van der Waals surface area contributed by atoms with Gasteiger partial charge < -0.3 is 25.3 Å². The van der Waals surface area contributed by atoms with Gasteiger partial charge in [-0.05, 0) is 5.56 Å². The van der Waals surface area contributed by atoms with Crippen molar-refractivity contribution in [2.24, 2.45) is 5.73 Å². The third kappa shape index (κ3) is 11.7. The molecule has 0 spiro atoms. The van der Waals surface area contributed by atoms with Gasteiger partial charge in [0.15, 0.2) is 5.90 Å². The Labute approximate surface area is 98.6 Å². The predicted octanol–water partition coefficient (Wildman–Crippen LogP) is 0.445. The molecule has 17 heavy (non-hydrogen) atoms. The average Bonchev–Trinajstić information content (AvgIpc) is 2.14. The van der Waals surface area contributed by atoms with Gasteiger partial charge in [0.05, 0.1) is 0 Å². The maximum Gasteiger partial charge on any atom is 0.337 e. The van der Waals surface area contributed by atoms with E-state index in [1.807, 2.05) is 30.3 Å². The molecule has 0 fully saturated rings. The third-order valence-electron chi connectivity index (χ3n) is 1.45. The van der Waals surface area contributed by atoms with Crippen molar-refractivity contribution < 1.29 is 28.7 Å². The molecule has 0 bridgehead atoms. The highest BCUT2D eigenvalue weighted by Gasteiger charge is 2.26. The first kappa shape index (κ1) is 16.5. The molecule has 0 aliphatic carbocycles. The summed E-state index contributed by atoms with van der Waals surface area (Å²) in [4.78, 5) is 31.9. The molecule has 0 aliphatic rings. The van der Waals surface area contributed by atoms with Crippen LogP contribution in [-0.2, 0) is 15.7 Å². The van der Waals surface area contributed by atoms with E-state index in [4.69, 9.17) is 25.3 Å². The maximum absolute atomic E-state index is 9.85. The minimum absolute atomic E-state index is 0.640. The molecule has 0 aromatic heterocycles. The van der Waals surface area contributed by atoms with E-state index in [0.717, 1.165) is 0 Å². The maximum atomic E-state index is 9.85. The largest absolute Gasteiger partial charge is 0.337 e. The summed E-state index contributed by atoms with van der Waals surface area (Å²) < 4.78 is 19.7. The van der Waals surface area contributed by atoms with Crippen LogP contribution in [0.5, 0.6) is 0 Å². The van der Waals surface area contributed by atoms with Crippen molar-refractivity contribution in [1.29, 1.82) is 0 Å². The second-order valence-electron chi connectivity index (χ2n) is 3.16. The summed E-state index contributed by atoms with van der Waals surface area (Å²) in [6.07, 6.45) is 0. The Morgan fingerprint density at radius 2 is 1.35 bits per heavy atom. The predicted molar refractivity (Wildman–Crippen MR) is 63.3 cm³/mol. The van der Waals surface area contributed by atoms with Gasteiger partial charge in [0.25, 0.3) is 0 Å². The Hall–Kier alpha value is -0.520. The highest BCUT2D eigenvalue weighted by molar-refractivity contribution is 7.69. The van der Waals surface area contributed by atoms with Crippen LogP contribution in [0.15, 0.2) is 30.3 Å². The Morgan fingerprint density at radius 1 is 0.941 bits per heavy atom. The van der Waals surface area contributed by atoms with Gasteiger partial charge in [-0.2, -0.15) is 0 Å². The van der Waals surface area contributed by atoms with Crippen LogP contribution in [-0.4, -0.2) is 25.5 Å². The summed E-state index contributed by atoms with van der Waals surface area (Å²) in [5.41, 5.74) is 6.54. The molecule has 1 rings (SSSR count). The summed E-state index contributed by atoms with van der Waals surface area (Å²) in [7, 11) is -9.10. The monoisotopic (exact) mass is 283 g/mol. The quantitative estimate of drug-likeness (QED) is 0.507. The topological polar surface area (TPSA) is 141 Å². The van der Waals surface area contributed by atoms with E-state index >= 15 is 0 Å². The molecule has 0 atom stereocenters. The van der Waals surface area contributed by atoms with Crippen molar-refractivity contribution in [2.45, 2.75) is 6.54 Å². The van der Waals surface area contributed by atoms with Crippen LogP contribution in [0.2, 0.25) is 0 Å². The molecule has 7 nitrogen and oxygen atoms in total. The van der Waals surface area contributed by atoms with Crippen LogP contribution in [0.3, 0.4) is 0 Å². The van der Waals surface area contributed by atoms with Crippen LogP contribution in [0.4, 0.5) is 0 Å². The zero-order valence-electron chi connectivity index (χ0n) is 8.88. The van der Waals surface area contributed by atoms with E-state index in [-0.39, 0.29) is 0 Å². The number of nitrogens with two attached hydrogens (primary N) is 1. The highest BCUT2D eigenvalue weighted by atomic mass is 31.2. The molecule has 0 aliphatic heterocycles. The zero-order valence-corrected chi connectivity index (χ0v) is 10.7. The Balaban J connectivity index is 0.000000302. The lowest BCUT2D eigenvalue weighted by Gasteiger charge is -2.03. The van der Waals surface area contributed by atoms with Crippen molar-refractivity contribution in [2.75, 3.05) is 5.90 Å². The molecule has 0 unspecified atom stereocenters. The molecule has 0 heterocycles. The van der Waals surface area contributed by atoms with Gasteiger partial charge in [-0.25, -0.2) is 0 Å². The lowest BCUT2D eigenvalue weighted by molar-refractivity contribution is 0.357. The highest BCUT2D eigenvalue weighted by Crippen LogP contribution is 2.51. The molecule has 0 radical (unpaired) electrons. The average molecular weight is 283 g/mol. The fourth-order valence-corrected chi connectivity index (χ4v) is 2.77. The van der Waals surface area contributed by atoms with Crippen molar-refractivity contribution >= 4 is 15.2 Å². The number of benzene rings is 1. The molecular formula is C8H15NO6P2. The standard InChI is InChI=1S/C7H9N.CH6O6P2/c8-6-7-4-2-1-3-5-7;2-8(3,4)1-9(5,6)7/h1-5H,6,8H2;1H2,(H2,2,3,4)(H2,5,6,7). The summed E-state index contributed by atoms with van der Waals surface area (Å²) >= 11 is 0. The fraction of sp³-hybridized carbons (Fsp3) is 0.250. The van der Waals surface area contributed by atoms with E-state index in [9.17, 15) is 9.13 Å². The van der Waals surface area contributed by atoms with Crippen molar-refractivity contribution in [3.05, 3.63) is 35.9 Å². The normalized spacial score (nSPS) is 11.6. The molecule has 9 heteroatoms. The van der Waals surface area contributed by atoms with E-state index in [0.29, 0.717) is 6.54 Å². The van der Waals surface area contributed by atoms with Gasteiger partial charge >= 0.3 is 15.2 Å². The van der Waals surface area contributed by atoms with Crippen molar-refractivity contribution in [1.82, 2.24) is 0 Å². The Morgan fingerprint density at radius 3 is 1.53 bits per heavy atom. The fourth-order valence-electron chi connectivity index (χ4n) is 0.854. The Bertz CT molecular complexity index is 391. The minimum Gasteiger partial charge on any atom is -0.326 e. The van der Waals surface area contributed by atoms with Gasteiger partial charge in [0, 0.05) is 6.54 Å². The molecule has 1 aromatic carbocycles. The Kier molecular flexibility index (Phi) is 6.82. The van der Waals surface area contributed by atoms with Crippen LogP contribution < -0.4 is 5.73 Å². The summed E-state index contributed by atoms with van der Waals surface area (Å²) in [5.74, 6) is -1.38. The first-order valence-electron chi connectivity index (χ1n) is 4.47. The first-order valence-corrected chi connectivity index (χ1v) is 8.07. The van der Waals surface area contributed by atoms with E-state index < -0.39 is 21.1 Å². The summed E-state index contributed by atoms with van der Waals surface area (Å²) in [6.45, 7) is 0.640. The molecule has 0 amide bonds. The van der Waals surface area contributed by atoms with Gasteiger partial charge in [0.1, 0.15) is 0 Å². The molecule has 1 aromatic rings. The first-order chi connectivity index (χ1) is 7.64. The van der Waals surface area contributed by atoms with E-state index in [1.165, 1.54) is 5.56 Å². The molecule has 0 saturated carbocycles. The number of hydrogen-bond donors (Lipinski definition) is 5. The lowest BCUT2D eigenvalue weighted by atomic mass is 10.2. The van der Waals surface area contributed by atoms with Gasteiger partial charge in [-0.15, -0.1) is 0 Å².